The summed E-state index contributed by atoms with van der Waals surface area (Å²) in [6, 6.07) is 0. The number of hydrogen-bond acceptors (Lipinski definition) is 3. The van der Waals surface area contributed by atoms with Crippen LogP contribution in [0.4, 0.5) is 5.95 Å². The molecule has 1 rings (SSSR count). The van der Waals surface area contributed by atoms with Gasteiger partial charge in [-0.2, -0.15) is 0 Å². The Bertz CT molecular complexity index is 339. The monoisotopic (exact) mass is 267 g/mol. The third kappa shape index (κ3) is 5.23. The van der Waals surface area contributed by atoms with Crippen molar-refractivity contribution in [3.63, 3.8) is 0 Å². The van der Waals surface area contributed by atoms with Crippen LogP contribution in [-0.2, 0) is 11.3 Å². The van der Waals surface area contributed by atoms with E-state index in [0.29, 0.717) is 17.8 Å². The zero-order chi connectivity index (χ0) is 14.3. The first-order valence-electron chi connectivity index (χ1n) is 7.30. The fourth-order valence-electron chi connectivity index (χ4n) is 2.46. The van der Waals surface area contributed by atoms with Crippen LogP contribution in [0.2, 0.25) is 0 Å². The van der Waals surface area contributed by atoms with E-state index in [-0.39, 0.29) is 0 Å². The Balaban J connectivity index is 2.56. The fourth-order valence-corrected chi connectivity index (χ4v) is 2.46. The molecule has 1 heterocycles. The normalized spacial score (nSPS) is 11.8. The van der Waals surface area contributed by atoms with Crippen LogP contribution in [-0.4, -0.2) is 29.8 Å². The summed E-state index contributed by atoms with van der Waals surface area (Å²) in [4.78, 5) is 4.40. The molecule has 0 saturated heterocycles. The lowest BCUT2D eigenvalue weighted by Gasteiger charge is -2.26. The molecule has 0 fully saturated rings. The number of aromatic nitrogens is 2. The highest BCUT2D eigenvalue weighted by Gasteiger charge is 2.19. The van der Waals surface area contributed by atoms with Gasteiger partial charge in [-0.25, -0.2) is 4.98 Å². The van der Waals surface area contributed by atoms with Crippen LogP contribution in [0.15, 0.2) is 12.4 Å². The first-order valence-corrected chi connectivity index (χ1v) is 7.30. The molecule has 110 valence electrons. The number of nitrogens with one attached hydrogen (secondary N) is 1. The van der Waals surface area contributed by atoms with Gasteiger partial charge in [0.25, 0.3) is 0 Å². The second kappa shape index (κ2) is 8.20. The average Bonchev–Trinajstić information content (AvgIpc) is 2.78. The molecule has 0 radical (unpaired) electrons. The summed E-state index contributed by atoms with van der Waals surface area (Å²) in [6.07, 6.45) is 4.94. The number of imidazole rings is 1. The third-order valence-corrected chi connectivity index (χ3v) is 3.64. The Labute approximate surface area is 117 Å². The van der Waals surface area contributed by atoms with Crippen LogP contribution in [0.3, 0.4) is 0 Å². The van der Waals surface area contributed by atoms with E-state index in [1.807, 2.05) is 6.20 Å². The number of methoxy groups -OCH3 is 1. The number of rotatable bonds is 9. The summed E-state index contributed by atoms with van der Waals surface area (Å²) in [5.74, 6) is 3.02. The van der Waals surface area contributed by atoms with Crippen LogP contribution in [0.1, 0.15) is 34.1 Å². The minimum Gasteiger partial charge on any atom is -0.385 e. The lowest BCUT2D eigenvalue weighted by atomic mass is 9.85. The molecule has 0 amide bonds. The maximum Gasteiger partial charge on any atom is 0.202 e. The molecule has 0 aliphatic carbocycles. The van der Waals surface area contributed by atoms with Crippen molar-refractivity contribution in [1.29, 1.82) is 0 Å². The smallest absolute Gasteiger partial charge is 0.202 e. The minimum absolute atomic E-state index is 0.675. The van der Waals surface area contributed by atoms with Crippen molar-refractivity contribution >= 4 is 5.95 Å². The molecule has 0 aromatic carbocycles. The SMILES string of the molecule is COCCCNc1nccn1CC(C(C)C)C(C)C. The highest BCUT2D eigenvalue weighted by atomic mass is 16.5. The molecule has 1 aromatic rings. The number of ether oxygens (including phenoxy) is 1. The molecule has 0 unspecified atom stereocenters. The molecule has 0 saturated carbocycles. The summed E-state index contributed by atoms with van der Waals surface area (Å²) in [5, 5.41) is 3.38. The fraction of sp³-hybridized carbons (Fsp3) is 0.800. The van der Waals surface area contributed by atoms with E-state index in [2.05, 4.69) is 48.8 Å². The Morgan fingerprint density at radius 2 is 1.95 bits per heavy atom. The lowest BCUT2D eigenvalue weighted by Crippen LogP contribution is -2.22. The molecule has 0 aliphatic rings. The quantitative estimate of drug-likeness (QED) is 0.698. The zero-order valence-electron chi connectivity index (χ0n) is 13.0. The Morgan fingerprint density at radius 3 is 2.53 bits per heavy atom. The molecule has 0 atom stereocenters. The van der Waals surface area contributed by atoms with Crippen LogP contribution >= 0.6 is 0 Å². The van der Waals surface area contributed by atoms with Gasteiger partial charge in [0, 0.05) is 39.2 Å². The number of hydrogen-bond donors (Lipinski definition) is 1. The van der Waals surface area contributed by atoms with E-state index in [0.717, 1.165) is 32.1 Å². The van der Waals surface area contributed by atoms with Gasteiger partial charge in [-0.3, -0.25) is 0 Å². The van der Waals surface area contributed by atoms with E-state index in [4.69, 9.17) is 4.74 Å². The summed E-state index contributed by atoms with van der Waals surface area (Å²) < 4.78 is 7.29. The van der Waals surface area contributed by atoms with E-state index in [9.17, 15) is 0 Å². The van der Waals surface area contributed by atoms with Crippen molar-refractivity contribution in [3.05, 3.63) is 12.4 Å². The van der Waals surface area contributed by atoms with Gasteiger partial charge in [-0.1, -0.05) is 27.7 Å². The van der Waals surface area contributed by atoms with Gasteiger partial charge >= 0.3 is 0 Å². The summed E-state index contributed by atoms with van der Waals surface area (Å²) in [6.45, 7) is 11.9. The van der Waals surface area contributed by atoms with Crippen molar-refractivity contribution in [1.82, 2.24) is 9.55 Å². The highest BCUT2D eigenvalue weighted by molar-refractivity contribution is 5.25. The Hall–Kier alpha value is -1.03. The standard InChI is InChI=1S/C15H29N3O/c1-12(2)14(13(3)4)11-18-9-8-17-15(18)16-7-6-10-19-5/h8-9,12-14H,6-7,10-11H2,1-5H3,(H,16,17). The molecule has 1 aromatic heterocycles. The summed E-state index contributed by atoms with van der Waals surface area (Å²) in [5.41, 5.74) is 0. The van der Waals surface area contributed by atoms with Gasteiger partial charge < -0.3 is 14.6 Å². The minimum atomic E-state index is 0.675. The first-order chi connectivity index (χ1) is 9.06. The second-order valence-corrected chi connectivity index (χ2v) is 5.83. The third-order valence-electron chi connectivity index (χ3n) is 3.64. The Kier molecular flexibility index (Phi) is 6.92. The second-order valence-electron chi connectivity index (χ2n) is 5.83. The molecule has 4 heteroatoms. The zero-order valence-corrected chi connectivity index (χ0v) is 13.0. The molecule has 0 bridgehead atoms. The van der Waals surface area contributed by atoms with E-state index in [1.165, 1.54) is 0 Å². The van der Waals surface area contributed by atoms with Gasteiger partial charge in [0.2, 0.25) is 5.95 Å². The van der Waals surface area contributed by atoms with Crippen molar-refractivity contribution in [2.75, 3.05) is 25.6 Å². The Morgan fingerprint density at radius 1 is 1.26 bits per heavy atom. The van der Waals surface area contributed by atoms with Crippen LogP contribution < -0.4 is 5.32 Å². The molecular formula is C15H29N3O. The van der Waals surface area contributed by atoms with E-state index in [1.54, 1.807) is 7.11 Å². The van der Waals surface area contributed by atoms with Gasteiger partial charge in [0.15, 0.2) is 0 Å². The van der Waals surface area contributed by atoms with Gasteiger partial charge in [0.05, 0.1) is 0 Å². The predicted octanol–water partition coefficient (Wildman–Crippen LogP) is 3.26. The maximum absolute atomic E-state index is 5.05. The van der Waals surface area contributed by atoms with E-state index >= 15 is 0 Å². The van der Waals surface area contributed by atoms with Crippen molar-refractivity contribution in [2.45, 2.75) is 40.7 Å². The highest BCUT2D eigenvalue weighted by Crippen LogP contribution is 2.23. The first kappa shape index (κ1) is 16.0. The van der Waals surface area contributed by atoms with Gasteiger partial charge in [-0.15, -0.1) is 0 Å². The molecule has 19 heavy (non-hydrogen) atoms. The number of anilines is 1. The van der Waals surface area contributed by atoms with E-state index < -0.39 is 0 Å². The molecule has 1 N–H and O–H groups in total. The van der Waals surface area contributed by atoms with Gasteiger partial charge in [-0.05, 0) is 24.2 Å². The predicted molar refractivity (Wildman–Crippen MR) is 80.4 cm³/mol. The van der Waals surface area contributed by atoms with Crippen LogP contribution in [0.25, 0.3) is 0 Å². The van der Waals surface area contributed by atoms with Crippen molar-refractivity contribution in [2.24, 2.45) is 17.8 Å². The topological polar surface area (TPSA) is 39.1 Å². The lowest BCUT2D eigenvalue weighted by molar-refractivity contribution is 0.197. The van der Waals surface area contributed by atoms with Crippen LogP contribution in [0, 0.1) is 17.8 Å². The van der Waals surface area contributed by atoms with Crippen molar-refractivity contribution < 1.29 is 4.74 Å². The maximum atomic E-state index is 5.05. The number of nitrogens with zero attached hydrogens (tertiary/aromatic N) is 2. The molecule has 4 nitrogen and oxygen atoms in total. The summed E-state index contributed by atoms with van der Waals surface area (Å²) >= 11 is 0. The van der Waals surface area contributed by atoms with Crippen molar-refractivity contribution in [3.8, 4) is 0 Å². The largest absolute Gasteiger partial charge is 0.385 e. The van der Waals surface area contributed by atoms with Gasteiger partial charge in [0.1, 0.15) is 0 Å². The summed E-state index contributed by atoms with van der Waals surface area (Å²) in [7, 11) is 1.73. The van der Waals surface area contributed by atoms with Crippen LogP contribution in [0.5, 0.6) is 0 Å². The molecular weight excluding hydrogens is 238 g/mol. The molecule has 0 spiro atoms. The average molecular weight is 267 g/mol. The molecule has 0 aliphatic heterocycles.